The second kappa shape index (κ2) is 6.50. The van der Waals surface area contributed by atoms with Crippen LogP contribution >= 0.6 is 0 Å². The van der Waals surface area contributed by atoms with E-state index >= 15 is 0 Å². The van der Waals surface area contributed by atoms with Crippen LogP contribution in [-0.2, 0) is 10.0 Å². The van der Waals surface area contributed by atoms with Crippen molar-refractivity contribution in [3.05, 3.63) is 72.6 Å². The van der Waals surface area contributed by atoms with Gasteiger partial charge in [-0.25, -0.2) is 22.2 Å². The second-order valence-corrected chi connectivity index (χ2v) is 6.91. The van der Waals surface area contributed by atoms with Crippen molar-refractivity contribution in [1.29, 1.82) is 0 Å². The highest BCUT2D eigenvalue weighted by Crippen LogP contribution is 2.18. The Kier molecular flexibility index (Phi) is 4.41. The Labute approximate surface area is 139 Å². The zero-order chi connectivity index (χ0) is 17.2. The fourth-order valence-corrected chi connectivity index (χ4v) is 3.40. The maximum absolute atomic E-state index is 13.8. The van der Waals surface area contributed by atoms with Crippen LogP contribution in [0.4, 0.5) is 4.39 Å². The van der Waals surface area contributed by atoms with Crippen molar-refractivity contribution in [2.24, 2.45) is 0 Å². The Bertz CT molecular complexity index is 941. The Balaban J connectivity index is 1.85. The lowest BCUT2D eigenvalue weighted by molar-refractivity contribution is 0.566. The molecule has 1 N–H and O–H groups in total. The van der Waals surface area contributed by atoms with Gasteiger partial charge >= 0.3 is 0 Å². The van der Waals surface area contributed by atoms with E-state index < -0.39 is 21.9 Å². The molecule has 0 amide bonds. The molecule has 1 aromatic carbocycles. The predicted octanol–water partition coefficient (Wildman–Crippen LogP) is 2.45. The third kappa shape index (κ3) is 3.34. The van der Waals surface area contributed by atoms with Crippen molar-refractivity contribution in [3.63, 3.8) is 0 Å². The highest BCUT2D eigenvalue weighted by atomic mass is 32.2. The minimum absolute atomic E-state index is 0.0355. The lowest BCUT2D eigenvalue weighted by Gasteiger charge is -2.13. The van der Waals surface area contributed by atoms with Crippen LogP contribution < -0.4 is 4.72 Å². The molecule has 24 heavy (non-hydrogen) atoms. The summed E-state index contributed by atoms with van der Waals surface area (Å²) in [5.74, 6) is -0.484. The van der Waals surface area contributed by atoms with Crippen LogP contribution in [0.3, 0.4) is 0 Å². The van der Waals surface area contributed by atoms with E-state index in [4.69, 9.17) is 0 Å². The number of sulfonamides is 1. The molecule has 3 aromatic rings. The SMILES string of the molecule is C[C@H](NS(=O)(=O)c1cnn(-c2ccccc2F)c1)c1ccncc1. The molecule has 0 unspecified atom stereocenters. The van der Waals surface area contributed by atoms with Crippen LogP contribution in [-0.4, -0.2) is 23.2 Å². The summed E-state index contributed by atoms with van der Waals surface area (Å²) < 4.78 is 42.5. The molecule has 0 aliphatic heterocycles. The molecule has 0 radical (unpaired) electrons. The van der Waals surface area contributed by atoms with Crippen molar-refractivity contribution in [3.8, 4) is 5.69 Å². The quantitative estimate of drug-likeness (QED) is 0.770. The number of rotatable bonds is 5. The first-order valence-electron chi connectivity index (χ1n) is 7.19. The summed E-state index contributed by atoms with van der Waals surface area (Å²) in [6.45, 7) is 1.73. The molecule has 0 fully saturated rings. The number of benzene rings is 1. The number of para-hydroxylation sites is 1. The molecule has 0 spiro atoms. The first kappa shape index (κ1) is 16.3. The number of halogens is 1. The molecule has 1 atom stereocenters. The summed E-state index contributed by atoms with van der Waals surface area (Å²) in [7, 11) is -3.78. The highest BCUT2D eigenvalue weighted by Gasteiger charge is 2.21. The summed E-state index contributed by atoms with van der Waals surface area (Å²) in [5.41, 5.74) is 0.969. The van der Waals surface area contributed by atoms with E-state index in [2.05, 4.69) is 14.8 Å². The third-order valence-electron chi connectivity index (χ3n) is 3.51. The number of nitrogens with zero attached hydrogens (tertiary/aromatic N) is 3. The maximum atomic E-state index is 13.8. The van der Waals surface area contributed by atoms with E-state index in [9.17, 15) is 12.8 Å². The molecular formula is C16H15FN4O2S. The van der Waals surface area contributed by atoms with E-state index in [1.807, 2.05) is 0 Å². The Morgan fingerprint density at radius 1 is 1.17 bits per heavy atom. The van der Waals surface area contributed by atoms with Crippen molar-refractivity contribution >= 4 is 10.0 Å². The van der Waals surface area contributed by atoms with E-state index in [-0.39, 0.29) is 10.6 Å². The van der Waals surface area contributed by atoms with Gasteiger partial charge in [0.25, 0.3) is 0 Å². The van der Waals surface area contributed by atoms with Gasteiger partial charge in [0.1, 0.15) is 16.4 Å². The summed E-state index contributed by atoms with van der Waals surface area (Å²) in [5, 5.41) is 3.94. The molecule has 0 aliphatic carbocycles. The van der Waals surface area contributed by atoms with Gasteiger partial charge in [0.15, 0.2) is 0 Å². The Hall–Kier alpha value is -2.58. The fraction of sp³-hybridized carbons (Fsp3) is 0.125. The van der Waals surface area contributed by atoms with Crippen LogP contribution in [0.2, 0.25) is 0 Å². The zero-order valence-corrected chi connectivity index (χ0v) is 13.6. The highest BCUT2D eigenvalue weighted by molar-refractivity contribution is 7.89. The average molecular weight is 346 g/mol. The van der Waals surface area contributed by atoms with Crippen LogP contribution in [0.25, 0.3) is 5.69 Å². The van der Waals surface area contributed by atoms with Gasteiger partial charge in [-0.15, -0.1) is 0 Å². The first-order chi connectivity index (χ1) is 11.5. The van der Waals surface area contributed by atoms with Gasteiger partial charge in [0, 0.05) is 18.4 Å². The lowest BCUT2D eigenvalue weighted by Crippen LogP contribution is -2.26. The van der Waals surface area contributed by atoms with Crippen LogP contribution in [0.1, 0.15) is 18.5 Å². The van der Waals surface area contributed by atoms with E-state index in [1.54, 1.807) is 43.6 Å². The van der Waals surface area contributed by atoms with Gasteiger partial charge < -0.3 is 0 Å². The summed E-state index contributed by atoms with van der Waals surface area (Å²) >= 11 is 0. The standard InChI is InChI=1S/C16H15FN4O2S/c1-12(13-6-8-18-9-7-13)20-24(22,23)14-10-19-21(11-14)16-5-3-2-4-15(16)17/h2-12,20H,1H3/t12-/m0/s1. The number of pyridine rings is 1. The largest absolute Gasteiger partial charge is 0.265 e. The van der Waals surface area contributed by atoms with Gasteiger partial charge in [-0.1, -0.05) is 12.1 Å². The molecule has 0 saturated heterocycles. The van der Waals surface area contributed by atoms with Gasteiger partial charge in [0.2, 0.25) is 10.0 Å². The monoisotopic (exact) mass is 346 g/mol. The third-order valence-corrected chi connectivity index (χ3v) is 5.00. The molecule has 0 bridgehead atoms. The lowest BCUT2D eigenvalue weighted by atomic mass is 10.1. The summed E-state index contributed by atoms with van der Waals surface area (Å²) in [6.07, 6.45) is 5.65. The number of hydrogen-bond acceptors (Lipinski definition) is 4. The molecule has 2 heterocycles. The van der Waals surface area contributed by atoms with Crippen LogP contribution in [0, 0.1) is 5.82 Å². The van der Waals surface area contributed by atoms with Crippen molar-refractivity contribution < 1.29 is 12.8 Å². The minimum Gasteiger partial charge on any atom is -0.265 e. The molecule has 0 saturated carbocycles. The molecule has 8 heteroatoms. The van der Waals surface area contributed by atoms with Crippen molar-refractivity contribution in [1.82, 2.24) is 19.5 Å². The van der Waals surface area contributed by atoms with Crippen molar-refractivity contribution in [2.45, 2.75) is 17.9 Å². The molecule has 124 valence electrons. The van der Waals surface area contributed by atoms with Crippen LogP contribution in [0.5, 0.6) is 0 Å². The topological polar surface area (TPSA) is 76.9 Å². The second-order valence-electron chi connectivity index (χ2n) is 5.20. The van der Waals surface area contributed by atoms with E-state index in [0.29, 0.717) is 0 Å². The number of hydrogen-bond donors (Lipinski definition) is 1. The van der Waals surface area contributed by atoms with E-state index in [0.717, 1.165) is 5.56 Å². The van der Waals surface area contributed by atoms with Gasteiger partial charge in [-0.2, -0.15) is 5.10 Å². The predicted molar refractivity (Wildman–Crippen MR) is 86.5 cm³/mol. The molecular weight excluding hydrogens is 331 g/mol. The Morgan fingerprint density at radius 3 is 2.58 bits per heavy atom. The van der Waals surface area contributed by atoms with Gasteiger partial charge in [0.05, 0.1) is 12.4 Å². The first-order valence-corrected chi connectivity index (χ1v) is 8.67. The number of aromatic nitrogens is 3. The number of nitrogens with one attached hydrogen (secondary N) is 1. The molecule has 0 aliphatic rings. The summed E-state index contributed by atoms with van der Waals surface area (Å²) in [6, 6.07) is 9.04. The molecule has 2 aromatic heterocycles. The fourth-order valence-electron chi connectivity index (χ4n) is 2.24. The zero-order valence-electron chi connectivity index (χ0n) is 12.8. The maximum Gasteiger partial charge on any atom is 0.244 e. The average Bonchev–Trinajstić information content (AvgIpc) is 3.06. The van der Waals surface area contributed by atoms with Gasteiger partial charge in [-0.05, 0) is 36.8 Å². The van der Waals surface area contributed by atoms with Gasteiger partial charge in [-0.3, -0.25) is 4.98 Å². The summed E-state index contributed by atoms with van der Waals surface area (Å²) in [4.78, 5) is 3.87. The van der Waals surface area contributed by atoms with Crippen LogP contribution in [0.15, 0.2) is 66.1 Å². The molecule has 3 rings (SSSR count). The minimum atomic E-state index is -3.78. The smallest absolute Gasteiger partial charge is 0.244 e. The normalized spacial score (nSPS) is 12.9. The molecule has 6 nitrogen and oxygen atoms in total. The van der Waals surface area contributed by atoms with E-state index in [1.165, 1.54) is 29.2 Å². The van der Waals surface area contributed by atoms with Crippen molar-refractivity contribution in [2.75, 3.05) is 0 Å². The Morgan fingerprint density at radius 2 is 1.88 bits per heavy atom.